The molecule has 0 saturated heterocycles. The van der Waals surface area contributed by atoms with Crippen LogP contribution in [0.2, 0.25) is 0 Å². The molecule has 2 rings (SSSR count). The molecule has 0 fully saturated rings. The maximum Gasteiger partial charge on any atom is 0.227 e. The minimum atomic E-state index is -0.0343. The molecule has 0 aromatic heterocycles. The zero-order valence-electron chi connectivity index (χ0n) is 10.3. The highest BCUT2D eigenvalue weighted by molar-refractivity contribution is 5.90. The number of rotatable bonds is 3. The summed E-state index contributed by atoms with van der Waals surface area (Å²) in [5, 5.41) is 10.8. The summed E-state index contributed by atoms with van der Waals surface area (Å²) in [5.74, 6) is -0.0343. The first-order valence-corrected chi connectivity index (χ1v) is 5.80. The quantitative estimate of drug-likeness (QED) is 0.770. The van der Waals surface area contributed by atoms with Gasteiger partial charge < -0.3 is 4.90 Å². The molecular weight excluding hydrogens is 224 g/mol. The summed E-state index contributed by atoms with van der Waals surface area (Å²) in [7, 11) is 1.65. The Morgan fingerprint density at radius 2 is 1.94 bits per heavy atom. The van der Waals surface area contributed by atoms with E-state index in [1.807, 2.05) is 48.5 Å². The maximum atomic E-state index is 11.9. The fourth-order valence-electron chi connectivity index (χ4n) is 1.94. The van der Waals surface area contributed by atoms with E-state index in [1.54, 1.807) is 7.05 Å². The minimum absolute atomic E-state index is 0.0343. The molecule has 0 aliphatic carbocycles. The summed E-state index contributed by atoms with van der Waals surface area (Å²) in [5.41, 5.74) is 1.00. The van der Waals surface area contributed by atoms with Gasteiger partial charge >= 0.3 is 0 Å². The first-order valence-electron chi connectivity index (χ1n) is 5.80. The zero-order chi connectivity index (χ0) is 13.0. The van der Waals surface area contributed by atoms with Crippen LogP contribution in [0.15, 0.2) is 42.5 Å². The standard InChI is InChI=1S/C15H14N2O/c1-17(10-9-16)15(18)11-13-7-4-6-12-5-2-3-8-14(12)13/h2-8H,10-11H2,1H3. The third-order valence-electron chi connectivity index (χ3n) is 2.96. The van der Waals surface area contributed by atoms with Crippen LogP contribution in [0, 0.1) is 11.3 Å². The predicted molar refractivity (Wildman–Crippen MR) is 70.9 cm³/mol. The fourth-order valence-corrected chi connectivity index (χ4v) is 1.94. The normalized spacial score (nSPS) is 10.0. The molecule has 0 unspecified atom stereocenters. The lowest BCUT2D eigenvalue weighted by atomic mass is 10.0. The van der Waals surface area contributed by atoms with Gasteiger partial charge in [-0.05, 0) is 16.3 Å². The van der Waals surface area contributed by atoms with E-state index in [0.29, 0.717) is 6.42 Å². The Labute approximate surface area is 106 Å². The number of benzene rings is 2. The third kappa shape index (κ3) is 2.49. The first-order chi connectivity index (χ1) is 8.72. The van der Waals surface area contributed by atoms with E-state index >= 15 is 0 Å². The summed E-state index contributed by atoms with van der Waals surface area (Å²) >= 11 is 0. The molecule has 0 saturated carbocycles. The number of carbonyl (C=O) groups excluding carboxylic acids is 1. The second-order valence-corrected chi connectivity index (χ2v) is 4.22. The summed E-state index contributed by atoms with van der Waals surface area (Å²) < 4.78 is 0. The topological polar surface area (TPSA) is 44.1 Å². The van der Waals surface area contributed by atoms with Gasteiger partial charge in [0, 0.05) is 7.05 Å². The molecule has 0 atom stereocenters. The molecule has 0 spiro atoms. The average Bonchev–Trinajstić information content (AvgIpc) is 2.39. The predicted octanol–water partition coefficient (Wildman–Crippen LogP) is 2.36. The molecule has 3 nitrogen and oxygen atoms in total. The van der Waals surface area contributed by atoms with Gasteiger partial charge in [0.2, 0.25) is 5.91 Å². The Kier molecular flexibility index (Phi) is 3.59. The number of nitriles is 1. The molecule has 0 bridgehead atoms. The van der Waals surface area contributed by atoms with Crippen LogP contribution in [-0.2, 0) is 11.2 Å². The number of amides is 1. The number of nitrogens with zero attached hydrogens (tertiary/aromatic N) is 2. The van der Waals surface area contributed by atoms with E-state index in [0.717, 1.165) is 16.3 Å². The summed E-state index contributed by atoms with van der Waals surface area (Å²) in [6.07, 6.45) is 0.333. The number of carbonyl (C=O) groups is 1. The Balaban J connectivity index is 2.27. The highest BCUT2D eigenvalue weighted by atomic mass is 16.2. The summed E-state index contributed by atoms with van der Waals surface area (Å²) in [6.45, 7) is 0.129. The fraction of sp³-hybridized carbons (Fsp3) is 0.200. The van der Waals surface area contributed by atoms with Crippen LogP contribution in [-0.4, -0.2) is 24.4 Å². The SMILES string of the molecule is CN(CC#N)C(=O)Cc1cccc2ccccc12. The average molecular weight is 238 g/mol. The van der Waals surface area contributed by atoms with Gasteiger partial charge in [-0.15, -0.1) is 0 Å². The Bertz CT molecular complexity index is 608. The molecule has 0 heterocycles. The highest BCUT2D eigenvalue weighted by Gasteiger charge is 2.10. The van der Waals surface area contributed by atoms with Crippen molar-refractivity contribution in [1.29, 1.82) is 5.26 Å². The van der Waals surface area contributed by atoms with Crippen molar-refractivity contribution in [3.63, 3.8) is 0 Å². The molecular formula is C15H14N2O. The molecule has 3 heteroatoms. The lowest BCUT2D eigenvalue weighted by molar-refractivity contribution is -0.128. The van der Waals surface area contributed by atoms with Crippen LogP contribution in [0.25, 0.3) is 10.8 Å². The second kappa shape index (κ2) is 5.33. The van der Waals surface area contributed by atoms with E-state index in [2.05, 4.69) is 0 Å². The van der Waals surface area contributed by atoms with E-state index in [9.17, 15) is 4.79 Å². The maximum absolute atomic E-state index is 11.9. The van der Waals surface area contributed by atoms with Crippen molar-refractivity contribution in [2.24, 2.45) is 0 Å². The lowest BCUT2D eigenvalue weighted by Crippen LogP contribution is -2.28. The first kappa shape index (κ1) is 12.1. The zero-order valence-corrected chi connectivity index (χ0v) is 10.3. The molecule has 2 aromatic carbocycles. The molecule has 90 valence electrons. The van der Waals surface area contributed by atoms with Gasteiger partial charge in [0.1, 0.15) is 6.54 Å². The van der Waals surface area contributed by atoms with Gasteiger partial charge in [0.05, 0.1) is 12.5 Å². The largest absolute Gasteiger partial charge is 0.332 e. The van der Waals surface area contributed by atoms with Gasteiger partial charge in [0.25, 0.3) is 0 Å². The van der Waals surface area contributed by atoms with Gasteiger partial charge in [-0.25, -0.2) is 0 Å². The monoisotopic (exact) mass is 238 g/mol. The summed E-state index contributed by atoms with van der Waals surface area (Å²) in [6, 6.07) is 15.9. The van der Waals surface area contributed by atoms with Crippen LogP contribution >= 0.6 is 0 Å². The van der Waals surface area contributed by atoms with Crippen LogP contribution in [0.5, 0.6) is 0 Å². The molecule has 18 heavy (non-hydrogen) atoms. The lowest BCUT2D eigenvalue weighted by Gasteiger charge is -2.13. The van der Waals surface area contributed by atoms with Crippen molar-refractivity contribution in [3.8, 4) is 6.07 Å². The van der Waals surface area contributed by atoms with Crippen molar-refractivity contribution < 1.29 is 4.79 Å². The van der Waals surface area contributed by atoms with Crippen molar-refractivity contribution in [2.45, 2.75) is 6.42 Å². The molecule has 0 radical (unpaired) electrons. The smallest absolute Gasteiger partial charge is 0.227 e. The second-order valence-electron chi connectivity index (χ2n) is 4.22. The van der Waals surface area contributed by atoms with Crippen molar-refractivity contribution in [2.75, 3.05) is 13.6 Å². The molecule has 0 N–H and O–H groups in total. The molecule has 2 aromatic rings. The van der Waals surface area contributed by atoms with Crippen molar-refractivity contribution >= 4 is 16.7 Å². The molecule has 0 aliphatic rings. The van der Waals surface area contributed by atoms with Crippen molar-refractivity contribution in [3.05, 3.63) is 48.0 Å². The number of fused-ring (bicyclic) bond motifs is 1. The van der Waals surface area contributed by atoms with Crippen LogP contribution in [0.3, 0.4) is 0 Å². The Hall–Kier alpha value is -2.34. The molecule has 0 aliphatic heterocycles. The van der Waals surface area contributed by atoms with E-state index in [1.165, 1.54) is 4.90 Å². The Morgan fingerprint density at radius 1 is 1.22 bits per heavy atom. The minimum Gasteiger partial charge on any atom is -0.332 e. The van der Waals surface area contributed by atoms with Crippen LogP contribution < -0.4 is 0 Å². The van der Waals surface area contributed by atoms with E-state index < -0.39 is 0 Å². The number of hydrogen-bond acceptors (Lipinski definition) is 2. The molecule has 1 amide bonds. The number of likely N-dealkylation sites (N-methyl/N-ethyl adjacent to an activating group) is 1. The third-order valence-corrected chi connectivity index (χ3v) is 2.96. The Morgan fingerprint density at radius 3 is 2.72 bits per heavy atom. The number of hydrogen-bond donors (Lipinski definition) is 0. The van der Waals surface area contributed by atoms with Gasteiger partial charge in [-0.1, -0.05) is 42.5 Å². The van der Waals surface area contributed by atoms with E-state index in [4.69, 9.17) is 5.26 Å². The highest BCUT2D eigenvalue weighted by Crippen LogP contribution is 2.19. The van der Waals surface area contributed by atoms with Crippen LogP contribution in [0.1, 0.15) is 5.56 Å². The van der Waals surface area contributed by atoms with Gasteiger partial charge in [-0.3, -0.25) is 4.79 Å². The van der Waals surface area contributed by atoms with E-state index in [-0.39, 0.29) is 12.5 Å². The summed E-state index contributed by atoms with van der Waals surface area (Å²) in [4.78, 5) is 13.4. The van der Waals surface area contributed by atoms with Crippen LogP contribution in [0.4, 0.5) is 0 Å². The van der Waals surface area contributed by atoms with Gasteiger partial charge in [0.15, 0.2) is 0 Å². The van der Waals surface area contributed by atoms with Gasteiger partial charge in [-0.2, -0.15) is 5.26 Å². The van der Waals surface area contributed by atoms with Crippen molar-refractivity contribution in [1.82, 2.24) is 4.90 Å².